The van der Waals surface area contributed by atoms with Gasteiger partial charge in [-0.2, -0.15) is 13.2 Å². The summed E-state index contributed by atoms with van der Waals surface area (Å²) in [6.45, 7) is 8.25. The topological polar surface area (TPSA) is 38.8 Å². The molecule has 1 aliphatic carbocycles. The van der Waals surface area contributed by atoms with Crippen molar-refractivity contribution >= 4 is 13.0 Å². The van der Waals surface area contributed by atoms with E-state index in [1.165, 1.54) is 4.90 Å². The van der Waals surface area contributed by atoms with Gasteiger partial charge >= 0.3 is 13.3 Å². The first-order valence-electron chi connectivity index (χ1n) is 8.30. The predicted octanol–water partition coefficient (Wildman–Crippen LogP) is 3.12. The van der Waals surface area contributed by atoms with Gasteiger partial charge in [0.1, 0.15) is 5.41 Å². The first-order valence-corrected chi connectivity index (χ1v) is 8.30. The summed E-state index contributed by atoms with van der Waals surface area (Å²) in [5, 5.41) is 0. The number of hydrogen-bond donors (Lipinski definition) is 0. The van der Waals surface area contributed by atoms with Crippen molar-refractivity contribution in [3.63, 3.8) is 0 Å². The maximum Gasteiger partial charge on any atom is 0.490 e. The van der Waals surface area contributed by atoms with Gasteiger partial charge in [0.15, 0.2) is 0 Å². The molecule has 0 unspecified atom stereocenters. The van der Waals surface area contributed by atoms with Gasteiger partial charge in [-0.3, -0.25) is 4.79 Å². The Labute approximate surface area is 140 Å². The Morgan fingerprint density at radius 1 is 1.17 bits per heavy atom. The van der Waals surface area contributed by atoms with Crippen molar-refractivity contribution in [2.24, 2.45) is 5.41 Å². The van der Waals surface area contributed by atoms with E-state index in [4.69, 9.17) is 9.31 Å². The third kappa shape index (κ3) is 2.67. The van der Waals surface area contributed by atoms with E-state index in [1.807, 2.05) is 27.7 Å². The monoisotopic (exact) mass is 345 g/mol. The summed E-state index contributed by atoms with van der Waals surface area (Å²) >= 11 is 0. The van der Waals surface area contributed by atoms with Crippen LogP contribution in [0, 0.1) is 5.41 Å². The molecule has 1 saturated carbocycles. The van der Waals surface area contributed by atoms with E-state index in [0.29, 0.717) is 6.42 Å². The number of nitrogens with zero attached hydrogens (tertiary/aromatic N) is 1. The van der Waals surface area contributed by atoms with Crippen molar-refractivity contribution in [1.82, 2.24) is 4.90 Å². The van der Waals surface area contributed by atoms with Crippen molar-refractivity contribution in [2.75, 3.05) is 13.1 Å². The first kappa shape index (κ1) is 17.8. The molecular formula is C16H23BF3NO3. The van der Waals surface area contributed by atoms with E-state index < -0.39 is 35.8 Å². The van der Waals surface area contributed by atoms with E-state index in [2.05, 4.69) is 0 Å². The number of amides is 1. The highest BCUT2D eigenvalue weighted by atomic mass is 19.4. The number of rotatable bonds is 2. The molecule has 4 nitrogen and oxygen atoms in total. The molecule has 0 aromatic rings. The van der Waals surface area contributed by atoms with Crippen LogP contribution in [0.2, 0.25) is 0 Å². The van der Waals surface area contributed by atoms with E-state index >= 15 is 0 Å². The molecular weight excluding hydrogens is 322 g/mol. The molecule has 1 amide bonds. The fourth-order valence-electron chi connectivity index (χ4n) is 3.12. The summed E-state index contributed by atoms with van der Waals surface area (Å²) in [4.78, 5) is 13.6. The molecule has 0 spiro atoms. The van der Waals surface area contributed by atoms with Crippen LogP contribution >= 0.6 is 0 Å². The maximum atomic E-state index is 13.1. The van der Waals surface area contributed by atoms with Gasteiger partial charge in [0.25, 0.3) is 0 Å². The second kappa shape index (κ2) is 5.24. The molecule has 2 aliphatic heterocycles. The largest absolute Gasteiger partial charge is 0.490 e. The third-order valence-electron chi connectivity index (χ3n) is 5.79. The van der Waals surface area contributed by atoms with E-state index in [1.54, 1.807) is 6.08 Å². The van der Waals surface area contributed by atoms with Crippen molar-refractivity contribution in [3.05, 3.63) is 11.5 Å². The highest BCUT2D eigenvalue weighted by Gasteiger charge is 2.69. The summed E-state index contributed by atoms with van der Waals surface area (Å²) in [5.41, 5.74) is -2.16. The molecule has 0 aromatic heterocycles. The fourth-order valence-corrected chi connectivity index (χ4v) is 3.12. The van der Waals surface area contributed by atoms with Gasteiger partial charge in [-0.05, 0) is 52.4 Å². The van der Waals surface area contributed by atoms with Gasteiger partial charge < -0.3 is 14.2 Å². The van der Waals surface area contributed by atoms with Crippen LogP contribution in [0.25, 0.3) is 0 Å². The minimum atomic E-state index is -4.46. The first-order chi connectivity index (χ1) is 10.9. The molecule has 0 atom stereocenters. The number of carbonyl (C=O) groups excluding carboxylic acids is 1. The highest BCUT2D eigenvalue weighted by molar-refractivity contribution is 6.54. The molecule has 0 N–H and O–H groups in total. The lowest BCUT2D eigenvalue weighted by molar-refractivity contribution is -0.198. The van der Waals surface area contributed by atoms with E-state index in [0.717, 1.165) is 5.47 Å². The van der Waals surface area contributed by atoms with Crippen LogP contribution in [0.3, 0.4) is 0 Å². The lowest BCUT2D eigenvalue weighted by Crippen LogP contribution is -2.46. The van der Waals surface area contributed by atoms with Crippen molar-refractivity contribution < 1.29 is 27.3 Å². The molecule has 2 fully saturated rings. The summed E-state index contributed by atoms with van der Waals surface area (Å²) in [5.74, 6) is -0.792. The number of hydrogen-bond acceptors (Lipinski definition) is 3. The molecule has 134 valence electrons. The minimum Gasteiger partial charge on any atom is -0.400 e. The van der Waals surface area contributed by atoms with Gasteiger partial charge in [-0.1, -0.05) is 6.08 Å². The molecule has 0 radical (unpaired) electrons. The molecule has 0 bridgehead atoms. The Kier molecular flexibility index (Phi) is 3.89. The van der Waals surface area contributed by atoms with Crippen LogP contribution in [0.1, 0.15) is 47.0 Å². The fraction of sp³-hybridized carbons (Fsp3) is 0.812. The number of carbonyl (C=O) groups is 1. The van der Waals surface area contributed by atoms with Crippen LogP contribution in [-0.2, 0) is 14.1 Å². The molecule has 0 aromatic carbocycles. The smallest absolute Gasteiger partial charge is 0.400 e. The third-order valence-corrected chi connectivity index (χ3v) is 5.79. The molecule has 24 heavy (non-hydrogen) atoms. The van der Waals surface area contributed by atoms with Gasteiger partial charge in [-0.25, -0.2) is 0 Å². The molecule has 3 aliphatic rings. The molecule has 2 heterocycles. The summed E-state index contributed by atoms with van der Waals surface area (Å²) < 4.78 is 51.2. The standard InChI is InChI=1S/C16H23BF3NO3/c1-13(2)14(3,4)24-17(23-13)11-5-9-21(10-6-11)12(22)15(7-8-15)16(18,19)20/h5H,6-10H2,1-4H3. The zero-order valence-corrected chi connectivity index (χ0v) is 14.5. The van der Waals surface area contributed by atoms with Crippen LogP contribution in [-0.4, -0.2) is 48.4 Å². The van der Waals surface area contributed by atoms with Gasteiger partial charge in [0.05, 0.1) is 11.2 Å². The van der Waals surface area contributed by atoms with E-state index in [9.17, 15) is 18.0 Å². The molecule has 3 rings (SSSR count). The summed E-state index contributed by atoms with van der Waals surface area (Å²) in [6.07, 6.45) is -2.41. The van der Waals surface area contributed by atoms with Gasteiger partial charge in [0.2, 0.25) is 5.91 Å². The summed E-state index contributed by atoms with van der Waals surface area (Å²) in [7, 11) is -0.496. The maximum absolute atomic E-state index is 13.1. The van der Waals surface area contributed by atoms with Crippen LogP contribution in [0.15, 0.2) is 11.5 Å². The quantitative estimate of drug-likeness (QED) is 0.722. The van der Waals surface area contributed by atoms with Gasteiger partial charge in [-0.15, -0.1) is 0 Å². The summed E-state index contributed by atoms with van der Waals surface area (Å²) in [6, 6.07) is 0. The van der Waals surface area contributed by atoms with Crippen molar-refractivity contribution in [2.45, 2.75) is 64.3 Å². The van der Waals surface area contributed by atoms with Crippen LogP contribution in [0.5, 0.6) is 0 Å². The van der Waals surface area contributed by atoms with Crippen LogP contribution < -0.4 is 0 Å². The molecule has 8 heteroatoms. The predicted molar refractivity (Wildman–Crippen MR) is 83.1 cm³/mol. The number of alkyl halides is 3. The zero-order valence-electron chi connectivity index (χ0n) is 14.5. The van der Waals surface area contributed by atoms with Crippen molar-refractivity contribution in [3.8, 4) is 0 Å². The highest BCUT2D eigenvalue weighted by Crippen LogP contribution is 2.58. The Bertz CT molecular complexity index is 566. The Balaban J connectivity index is 1.67. The lowest BCUT2D eigenvalue weighted by atomic mass is 9.74. The Morgan fingerprint density at radius 3 is 2.08 bits per heavy atom. The second-order valence-electron chi connectivity index (χ2n) is 7.95. The minimum absolute atomic E-state index is 0.0976. The number of halogens is 3. The average Bonchev–Trinajstić information content (AvgIpc) is 3.23. The lowest BCUT2D eigenvalue weighted by Gasteiger charge is -2.32. The van der Waals surface area contributed by atoms with Crippen LogP contribution in [0.4, 0.5) is 13.2 Å². The SMILES string of the molecule is CC1(C)OB(C2=CCN(C(=O)C3(C(F)(F)F)CC3)CC2)OC1(C)C. The van der Waals surface area contributed by atoms with E-state index in [-0.39, 0.29) is 25.9 Å². The Hall–Kier alpha value is -1.02. The Morgan fingerprint density at radius 2 is 1.71 bits per heavy atom. The van der Waals surface area contributed by atoms with Crippen molar-refractivity contribution in [1.29, 1.82) is 0 Å². The normalized spacial score (nSPS) is 27.9. The second-order valence-corrected chi connectivity index (χ2v) is 7.95. The zero-order chi connectivity index (χ0) is 18.0. The molecule has 1 saturated heterocycles. The van der Waals surface area contributed by atoms with Gasteiger partial charge in [0, 0.05) is 13.1 Å². The average molecular weight is 345 g/mol.